The van der Waals surface area contributed by atoms with Crippen molar-refractivity contribution in [2.45, 2.75) is 0 Å². The third-order valence-corrected chi connectivity index (χ3v) is 7.84. The Hall–Kier alpha value is -5.14. The highest BCUT2D eigenvalue weighted by molar-refractivity contribution is 7.20. The first-order valence-electron chi connectivity index (χ1n) is 10.3. The average molecular weight is 543 g/mol. The summed E-state index contributed by atoms with van der Waals surface area (Å²) in [5.74, 6) is -4.45. The van der Waals surface area contributed by atoms with Crippen molar-refractivity contribution >= 4 is 54.0 Å². The Balaban J connectivity index is 2.14. The van der Waals surface area contributed by atoms with Gasteiger partial charge in [-0.05, 0) is 23.3 Å². The number of nitrogens with zero attached hydrogens (tertiary/aromatic N) is 6. The van der Waals surface area contributed by atoms with Crippen LogP contribution in [0.3, 0.4) is 0 Å². The van der Waals surface area contributed by atoms with Gasteiger partial charge in [0.15, 0.2) is 0 Å². The first kappa shape index (κ1) is 24.5. The molecule has 0 aliphatic heterocycles. The Bertz CT molecular complexity index is 1850. The van der Waals surface area contributed by atoms with E-state index in [1.165, 1.54) is 12.1 Å². The van der Waals surface area contributed by atoms with E-state index in [9.17, 15) is 38.6 Å². The molecule has 4 aromatic heterocycles. The van der Waals surface area contributed by atoms with Crippen LogP contribution >= 0.6 is 22.7 Å². The van der Waals surface area contributed by atoms with Crippen LogP contribution in [-0.4, -0.2) is 9.97 Å². The van der Waals surface area contributed by atoms with Crippen LogP contribution in [0.15, 0.2) is 36.4 Å². The van der Waals surface area contributed by atoms with Gasteiger partial charge < -0.3 is 0 Å². The molecule has 0 spiro atoms. The molecule has 0 atom stereocenters. The summed E-state index contributed by atoms with van der Waals surface area (Å²) in [6.07, 6.45) is 0. The minimum atomic E-state index is -1.11. The molecule has 0 saturated carbocycles. The molecular formula is C26H6F4N6S2. The molecule has 38 heavy (non-hydrogen) atoms. The average Bonchev–Trinajstić information content (AvgIpc) is 3.47. The van der Waals surface area contributed by atoms with Crippen LogP contribution in [0.2, 0.25) is 0 Å². The predicted octanol–water partition coefficient (Wildman–Crippen LogP) is 5.19. The fraction of sp³-hybridized carbons (Fsp3) is 0. The molecule has 0 aliphatic rings. The summed E-state index contributed by atoms with van der Waals surface area (Å²) >= 11 is 1.93. The van der Waals surface area contributed by atoms with Crippen molar-refractivity contribution in [2.24, 2.45) is 0 Å². The van der Waals surface area contributed by atoms with Crippen molar-refractivity contribution in [1.29, 1.82) is 21.0 Å². The van der Waals surface area contributed by atoms with Gasteiger partial charge in [0.05, 0.1) is 9.06 Å². The normalized spacial score (nSPS) is 10.5. The zero-order valence-electron chi connectivity index (χ0n) is 18.5. The van der Waals surface area contributed by atoms with Crippen LogP contribution in [0.1, 0.15) is 0 Å². The van der Waals surface area contributed by atoms with E-state index in [0.717, 1.165) is 46.9 Å². The molecule has 0 radical (unpaired) electrons. The molecule has 0 aliphatic carbocycles. The van der Waals surface area contributed by atoms with E-state index in [1.807, 2.05) is 0 Å². The zero-order valence-corrected chi connectivity index (χ0v) is 20.1. The number of pyridine rings is 2. The molecule has 180 valence electrons. The van der Waals surface area contributed by atoms with Gasteiger partial charge in [-0.3, -0.25) is 0 Å². The van der Waals surface area contributed by atoms with Crippen molar-refractivity contribution in [3.63, 3.8) is 0 Å². The standard InChI is InChI=1S/C26H6F4N6S2/c27-19-1-11(2-20(28)35-19)23-15-5-17(13(7-31)8-32)38-26(15)24(12-3-21(29)36-22(30)4-12)16-6-18(37-25(16)23)14(9-33)10-34/h1-6H. The van der Waals surface area contributed by atoms with Gasteiger partial charge in [-0.2, -0.15) is 48.6 Å². The lowest BCUT2D eigenvalue weighted by atomic mass is 9.94. The SMILES string of the molecule is N#CC(C#N)=c1cc2c(-c3cc(F)nc(F)c3)c3sc(=C(C#N)C#N)cc3c(-c3cc(F)nc(F)c3)c2s1. The fourth-order valence-corrected chi connectivity index (χ4v) is 6.46. The highest BCUT2D eigenvalue weighted by Crippen LogP contribution is 2.46. The van der Waals surface area contributed by atoms with Crippen LogP contribution in [-0.2, 0) is 0 Å². The highest BCUT2D eigenvalue weighted by atomic mass is 32.1. The van der Waals surface area contributed by atoms with E-state index in [4.69, 9.17) is 0 Å². The van der Waals surface area contributed by atoms with Crippen molar-refractivity contribution in [3.05, 3.63) is 69.3 Å². The van der Waals surface area contributed by atoms with Gasteiger partial charge in [0.25, 0.3) is 0 Å². The summed E-state index contributed by atoms with van der Waals surface area (Å²) in [5.41, 5.74) is 0.141. The largest absolute Gasteiger partial charge is 0.216 e. The lowest BCUT2D eigenvalue weighted by molar-refractivity contribution is 0.512. The molecule has 5 rings (SSSR count). The summed E-state index contributed by atoms with van der Waals surface area (Å²) in [6.45, 7) is 0. The third-order valence-electron chi connectivity index (χ3n) is 5.50. The number of benzene rings is 1. The number of halogens is 4. The van der Waals surface area contributed by atoms with Gasteiger partial charge in [0.2, 0.25) is 23.8 Å². The summed E-state index contributed by atoms with van der Waals surface area (Å²) in [5, 5.41) is 38.4. The number of rotatable bonds is 2. The van der Waals surface area contributed by atoms with Gasteiger partial charge >= 0.3 is 0 Å². The molecule has 6 nitrogen and oxygen atoms in total. The first-order valence-corrected chi connectivity index (χ1v) is 12.0. The molecule has 5 aromatic rings. The molecular weight excluding hydrogens is 536 g/mol. The molecule has 0 N–H and O–H groups in total. The van der Waals surface area contributed by atoms with E-state index < -0.39 is 23.8 Å². The van der Waals surface area contributed by atoms with Gasteiger partial charge in [0, 0.05) is 55.6 Å². The summed E-state index contributed by atoms with van der Waals surface area (Å²) in [4.78, 5) is 6.25. The molecule has 0 amide bonds. The fourth-order valence-electron chi connectivity index (χ4n) is 4.08. The topological polar surface area (TPSA) is 121 Å². The second-order valence-electron chi connectivity index (χ2n) is 7.66. The Morgan fingerprint density at radius 2 is 0.868 bits per heavy atom. The molecule has 0 fully saturated rings. The van der Waals surface area contributed by atoms with Crippen molar-refractivity contribution in [1.82, 2.24) is 9.97 Å². The van der Waals surface area contributed by atoms with E-state index in [2.05, 4.69) is 9.97 Å². The minimum Gasteiger partial charge on any atom is -0.192 e. The maximum Gasteiger partial charge on any atom is 0.216 e. The zero-order chi connectivity index (χ0) is 27.1. The van der Waals surface area contributed by atoms with E-state index in [1.54, 1.807) is 24.3 Å². The molecule has 0 bridgehead atoms. The van der Waals surface area contributed by atoms with Crippen LogP contribution in [0.5, 0.6) is 0 Å². The molecule has 0 saturated heterocycles. The monoisotopic (exact) mass is 542 g/mol. The number of aromatic nitrogens is 2. The quantitative estimate of drug-likeness (QED) is 0.224. The lowest BCUT2D eigenvalue weighted by Gasteiger charge is -2.12. The summed E-state index contributed by atoms with van der Waals surface area (Å²) in [6, 6.07) is 14.1. The van der Waals surface area contributed by atoms with Crippen LogP contribution in [0, 0.1) is 69.1 Å². The van der Waals surface area contributed by atoms with Crippen molar-refractivity contribution in [3.8, 4) is 46.5 Å². The van der Waals surface area contributed by atoms with Crippen LogP contribution in [0.25, 0.3) is 53.6 Å². The second kappa shape index (κ2) is 9.38. The summed E-state index contributed by atoms with van der Waals surface area (Å²) in [7, 11) is 0. The second-order valence-corrected chi connectivity index (χ2v) is 9.76. The molecule has 4 heterocycles. The molecule has 0 unspecified atom stereocenters. The van der Waals surface area contributed by atoms with Gasteiger partial charge in [-0.1, -0.05) is 0 Å². The summed E-state index contributed by atoms with van der Waals surface area (Å²) < 4.78 is 58.0. The Morgan fingerprint density at radius 3 is 1.16 bits per heavy atom. The Morgan fingerprint density at radius 1 is 0.553 bits per heavy atom. The van der Waals surface area contributed by atoms with E-state index in [0.29, 0.717) is 20.2 Å². The number of thiophene rings is 2. The number of hydrogen-bond acceptors (Lipinski definition) is 8. The van der Waals surface area contributed by atoms with Gasteiger partial charge in [0.1, 0.15) is 35.4 Å². The number of hydrogen-bond donors (Lipinski definition) is 0. The van der Waals surface area contributed by atoms with Crippen LogP contribution in [0.4, 0.5) is 17.6 Å². The highest BCUT2D eigenvalue weighted by Gasteiger charge is 2.23. The maximum absolute atomic E-state index is 14.2. The number of nitriles is 4. The van der Waals surface area contributed by atoms with E-state index in [-0.39, 0.29) is 42.5 Å². The Kier molecular flexibility index (Phi) is 6.06. The third kappa shape index (κ3) is 4.01. The molecule has 1 aromatic carbocycles. The predicted molar refractivity (Wildman–Crippen MR) is 132 cm³/mol. The first-order chi connectivity index (χ1) is 18.3. The Labute approximate surface area is 218 Å². The maximum atomic E-state index is 14.2. The van der Waals surface area contributed by atoms with Crippen molar-refractivity contribution in [2.75, 3.05) is 0 Å². The molecule has 12 heteroatoms. The van der Waals surface area contributed by atoms with Gasteiger partial charge in [-0.15, -0.1) is 22.7 Å². The lowest BCUT2D eigenvalue weighted by Crippen LogP contribution is -1.95. The van der Waals surface area contributed by atoms with Gasteiger partial charge in [-0.25, -0.2) is 0 Å². The van der Waals surface area contributed by atoms with E-state index >= 15 is 0 Å². The van der Waals surface area contributed by atoms with Crippen LogP contribution < -0.4 is 9.06 Å². The number of fused-ring (bicyclic) bond motifs is 2. The van der Waals surface area contributed by atoms with Crippen molar-refractivity contribution < 1.29 is 17.6 Å². The smallest absolute Gasteiger partial charge is 0.192 e. The minimum absolute atomic E-state index is 0.0484.